The number of methoxy groups -OCH3 is 2. The van der Waals surface area contributed by atoms with Crippen LogP contribution in [-0.2, 0) is 6.42 Å². The van der Waals surface area contributed by atoms with Gasteiger partial charge in [0.25, 0.3) is 0 Å². The molecule has 1 aliphatic rings. The van der Waals surface area contributed by atoms with E-state index in [4.69, 9.17) is 14.2 Å². The van der Waals surface area contributed by atoms with E-state index >= 15 is 0 Å². The van der Waals surface area contributed by atoms with Gasteiger partial charge in [0.2, 0.25) is 0 Å². The van der Waals surface area contributed by atoms with Gasteiger partial charge in [-0.25, -0.2) is 0 Å². The van der Waals surface area contributed by atoms with E-state index in [1.165, 1.54) is 11.1 Å². The van der Waals surface area contributed by atoms with Crippen molar-refractivity contribution in [1.29, 1.82) is 0 Å². The number of rotatable bonds is 3. The topological polar surface area (TPSA) is 27.7 Å². The lowest BCUT2D eigenvalue weighted by Crippen LogP contribution is -2.19. The number of ether oxygens (including phenoxy) is 3. The first-order chi connectivity index (χ1) is 9.81. The van der Waals surface area contributed by atoms with Crippen LogP contribution in [0.5, 0.6) is 17.2 Å². The molecular formula is C17H18O3. The fraction of sp³-hybridized carbons (Fsp3) is 0.294. The fourth-order valence-electron chi connectivity index (χ4n) is 2.68. The summed E-state index contributed by atoms with van der Waals surface area (Å²) in [5.74, 6) is 3.01. The van der Waals surface area contributed by atoms with Gasteiger partial charge in [-0.3, -0.25) is 0 Å². The number of hydrogen-bond donors (Lipinski definition) is 0. The lowest BCUT2D eigenvalue weighted by Gasteiger charge is -2.27. The summed E-state index contributed by atoms with van der Waals surface area (Å²) >= 11 is 0. The van der Waals surface area contributed by atoms with Gasteiger partial charge in [-0.1, -0.05) is 24.3 Å². The Morgan fingerprint density at radius 2 is 1.90 bits per heavy atom. The Morgan fingerprint density at radius 1 is 1.05 bits per heavy atom. The molecular weight excluding hydrogens is 252 g/mol. The van der Waals surface area contributed by atoms with Crippen LogP contribution < -0.4 is 14.2 Å². The van der Waals surface area contributed by atoms with Crippen molar-refractivity contribution in [2.24, 2.45) is 0 Å². The second-order valence-electron chi connectivity index (χ2n) is 4.93. The number of benzene rings is 2. The molecule has 2 aromatic rings. The number of hydrogen-bond acceptors (Lipinski definition) is 3. The molecule has 0 saturated heterocycles. The highest BCUT2D eigenvalue weighted by Crippen LogP contribution is 2.37. The monoisotopic (exact) mass is 270 g/mol. The van der Waals surface area contributed by atoms with Crippen LogP contribution in [0.4, 0.5) is 0 Å². The summed E-state index contributed by atoms with van der Waals surface area (Å²) in [5.41, 5.74) is 2.42. The van der Waals surface area contributed by atoms with E-state index in [0.29, 0.717) is 12.5 Å². The van der Waals surface area contributed by atoms with E-state index in [0.717, 1.165) is 23.7 Å². The van der Waals surface area contributed by atoms with Gasteiger partial charge >= 0.3 is 0 Å². The third kappa shape index (κ3) is 2.31. The molecule has 0 aromatic heterocycles. The molecule has 0 saturated carbocycles. The molecule has 20 heavy (non-hydrogen) atoms. The van der Waals surface area contributed by atoms with E-state index in [9.17, 15) is 0 Å². The molecule has 1 atom stereocenters. The molecule has 0 aliphatic carbocycles. The number of fused-ring (bicyclic) bond motifs is 1. The minimum atomic E-state index is 0.326. The first kappa shape index (κ1) is 12.9. The summed E-state index contributed by atoms with van der Waals surface area (Å²) in [6.45, 7) is 0.667. The van der Waals surface area contributed by atoms with E-state index < -0.39 is 0 Å². The SMILES string of the molecule is COc1ccc2c(c1)OC[C@H](c1ccccc1OC)C2. The highest BCUT2D eigenvalue weighted by atomic mass is 16.5. The zero-order chi connectivity index (χ0) is 13.9. The summed E-state index contributed by atoms with van der Waals surface area (Å²) in [6.07, 6.45) is 0.958. The Balaban J connectivity index is 1.88. The van der Waals surface area contributed by atoms with E-state index in [-0.39, 0.29) is 0 Å². The predicted molar refractivity (Wildman–Crippen MR) is 77.9 cm³/mol. The largest absolute Gasteiger partial charge is 0.497 e. The molecule has 1 heterocycles. The van der Waals surface area contributed by atoms with Crippen molar-refractivity contribution in [3.63, 3.8) is 0 Å². The van der Waals surface area contributed by atoms with Crippen molar-refractivity contribution >= 4 is 0 Å². The Labute approximate surface area is 119 Å². The van der Waals surface area contributed by atoms with Crippen molar-refractivity contribution in [2.45, 2.75) is 12.3 Å². The molecule has 0 bridgehead atoms. The molecule has 0 fully saturated rings. The van der Waals surface area contributed by atoms with E-state index in [2.05, 4.69) is 12.1 Å². The van der Waals surface area contributed by atoms with Gasteiger partial charge in [0, 0.05) is 17.5 Å². The van der Waals surface area contributed by atoms with Crippen LogP contribution in [0, 0.1) is 0 Å². The summed E-state index contributed by atoms with van der Waals surface area (Å²) in [5, 5.41) is 0. The molecule has 104 valence electrons. The van der Waals surface area contributed by atoms with Gasteiger partial charge in [0.15, 0.2) is 0 Å². The molecule has 3 nitrogen and oxygen atoms in total. The average molecular weight is 270 g/mol. The first-order valence-corrected chi connectivity index (χ1v) is 6.74. The van der Waals surface area contributed by atoms with Crippen molar-refractivity contribution in [3.8, 4) is 17.2 Å². The maximum atomic E-state index is 5.90. The lowest BCUT2D eigenvalue weighted by atomic mass is 9.90. The van der Waals surface area contributed by atoms with Crippen molar-refractivity contribution < 1.29 is 14.2 Å². The minimum Gasteiger partial charge on any atom is -0.497 e. The number of para-hydroxylation sites is 1. The summed E-state index contributed by atoms with van der Waals surface area (Å²) < 4.78 is 16.6. The zero-order valence-corrected chi connectivity index (χ0v) is 11.8. The molecule has 3 rings (SSSR count). The Bertz CT molecular complexity index is 607. The third-order valence-corrected chi connectivity index (χ3v) is 3.76. The molecule has 0 radical (unpaired) electrons. The van der Waals surface area contributed by atoms with Crippen LogP contribution in [0.25, 0.3) is 0 Å². The normalized spacial score (nSPS) is 17.0. The molecule has 0 N–H and O–H groups in total. The maximum absolute atomic E-state index is 5.90. The standard InChI is InChI=1S/C17H18O3/c1-18-14-8-7-12-9-13(11-20-17(12)10-14)15-5-3-4-6-16(15)19-2/h3-8,10,13H,9,11H2,1-2H3/t13-/m1/s1. The summed E-state index contributed by atoms with van der Waals surface area (Å²) in [6, 6.07) is 14.2. The second-order valence-corrected chi connectivity index (χ2v) is 4.93. The maximum Gasteiger partial charge on any atom is 0.126 e. The van der Waals surface area contributed by atoms with Crippen LogP contribution in [0.1, 0.15) is 17.0 Å². The van der Waals surface area contributed by atoms with Crippen molar-refractivity contribution in [3.05, 3.63) is 53.6 Å². The van der Waals surface area contributed by atoms with Gasteiger partial charge in [0.05, 0.1) is 20.8 Å². The molecule has 3 heteroatoms. The quantitative estimate of drug-likeness (QED) is 0.855. The van der Waals surface area contributed by atoms with Crippen LogP contribution >= 0.6 is 0 Å². The lowest BCUT2D eigenvalue weighted by molar-refractivity contribution is 0.257. The van der Waals surface area contributed by atoms with Crippen LogP contribution in [-0.4, -0.2) is 20.8 Å². The van der Waals surface area contributed by atoms with Gasteiger partial charge in [0.1, 0.15) is 17.2 Å². The molecule has 1 aliphatic heterocycles. The first-order valence-electron chi connectivity index (χ1n) is 6.74. The van der Waals surface area contributed by atoms with Gasteiger partial charge in [-0.05, 0) is 24.1 Å². The molecule has 0 spiro atoms. The second kappa shape index (κ2) is 5.45. The highest BCUT2D eigenvalue weighted by Gasteiger charge is 2.24. The molecule has 2 aromatic carbocycles. The molecule has 0 unspecified atom stereocenters. The third-order valence-electron chi connectivity index (χ3n) is 3.76. The highest BCUT2D eigenvalue weighted by molar-refractivity contribution is 5.45. The van der Waals surface area contributed by atoms with Crippen LogP contribution in [0.15, 0.2) is 42.5 Å². The van der Waals surface area contributed by atoms with Crippen molar-refractivity contribution in [1.82, 2.24) is 0 Å². The van der Waals surface area contributed by atoms with Gasteiger partial charge in [-0.2, -0.15) is 0 Å². The van der Waals surface area contributed by atoms with Crippen LogP contribution in [0.2, 0.25) is 0 Å². The zero-order valence-electron chi connectivity index (χ0n) is 11.8. The Morgan fingerprint density at radius 3 is 2.70 bits per heavy atom. The average Bonchev–Trinajstić information content (AvgIpc) is 2.53. The summed E-state index contributed by atoms with van der Waals surface area (Å²) in [7, 11) is 3.38. The summed E-state index contributed by atoms with van der Waals surface area (Å²) in [4.78, 5) is 0. The predicted octanol–water partition coefficient (Wildman–Crippen LogP) is 3.42. The Hall–Kier alpha value is -2.16. The minimum absolute atomic E-state index is 0.326. The smallest absolute Gasteiger partial charge is 0.126 e. The van der Waals surface area contributed by atoms with Gasteiger partial charge < -0.3 is 14.2 Å². The van der Waals surface area contributed by atoms with Gasteiger partial charge in [-0.15, -0.1) is 0 Å². The van der Waals surface area contributed by atoms with E-state index in [1.54, 1.807) is 14.2 Å². The molecule has 0 amide bonds. The van der Waals surface area contributed by atoms with Crippen molar-refractivity contribution in [2.75, 3.05) is 20.8 Å². The fourth-order valence-corrected chi connectivity index (χ4v) is 2.68. The van der Waals surface area contributed by atoms with E-state index in [1.807, 2.05) is 30.3 Å². The van der Waals surface area contributed by atoms with Crippen LogP contribution in [0.3, 0.4) is 0 Å². The Kier molecular flexibility index (Phi) is 3.50.